The molecule has 94 valence electrons. The van der Waals surface area contributed by atoms with Crippen molar-refractivity contribution < 1.29 is 9.84 Å². The van der Waals surface area contributed by atoms with Crippen molar-refractivity contribution in [1.29, 1.82) is 0 Å². The number of hydrogen-bond acceptors (Lipinski definition) is 3. The predicted octanol–water partition coefficient (Wildman–Crippen LogP) is 2.67. The fourth-order valence-electron chi connectivity index (χ4n) is 1.97. The van der Waals surface area contributed by atoms with Crippen molar-refractivity contribution in [1.82, 2.24) is 4.98 Å². The molecule has 0 spiro atoms. The van der Waals surface area contributed by atoms with Gasteiger partial charge in [0.15, 0.2) is 0 Å². The molecule has 1 unspecified atom stereocenters. The maximum atomic E-state index is 10.3. The van der Waals surface area contributed by atoms with Crippen LogP contribution in [0.2, 0.25) is 0 Å². The first-order valence-corrected chi connectivity index (χ1v) is 5.92. The lowest BCUT2D eigenvalue weighted by Gasteiger charge is -2.15. The lowest BCUT2D eigenvalue weighted by Crippen LogP contribution is -2.04. The molecule has 0 aliphatic rings. The van der Waals surface area contributed by atoms with Crippen molar-refractivity contribution in [2.45, 2.75) is 19.4 Å². The Balaban J connectivity index is 2.23. The SMILES string of the molecule is COc1ccc(C)cc1C(O)Cc1ccncc1. The standard InChI is InChI=1S/C15H17NO2/c1-11-3-4-15(18-2)13(9-11)14(17)10-12-5-7-16-8-6-12/h3-9,14,17H,10H2,1-2H3. The van der Waals surface area contributed by atoms with E-state index < -0.39 is 6.10 Å². The van der Waals surface area contributed by atoms with Crippen LogP contribution < -0.4 is 4.74 Å². The second-order valence-electron chi connectivity index (χ2n) is 4.32. The van der Waals surface area contributed by atoms with Crippen LogP contribution in [0.5, 0.6) is 5.75 Å². The number of aliphatic hydroxyl groups is 1. The molecular formula is C15H17NO2. The van der Waals surface area contributed by atoms with Gasteiger partial charge in [-0.25, -0.2) is 0 Å². The van der Waals surface area contributed by atoms with Gasteiger partial charge < -0.3 is 9.84 Å². The largest absolute Gasteiger partial charge is 0.496 e. The highest BCUT2D eigenvalue weighted by molar-refractivity contribution is 5.39. The average molecular weight is 243 g/mol. The maximum absolute atomic E-state index is 10.3. The minimum atomic E-state index is -0.567. The molecule has 0 aliphatic heterocycles. The Kier molecular flexibility index (Phi) is 3.95. The second kappa shape index (κ2) is 5.65. The Morgan fingerprint density at radius 1 is 1.22 bits per heavy atom. The van der Waals surface area contributed by atoms with Crippen LogP contribution in [0.4, 0.5) is 0 Å². The molecule has 0 saturated carbocycles. The van der Waals surface area contributed by atoms with E-state index in [9.17, 15) is 5.11 Å². The first kappa shape index (κ1) is 12.6. The van der Waals surface area contributed by atoms with Crippen molar-refractivity contribution in [3.63, 3.8) is 0 Å². The molecule has 0 radical (unpaired) electrons. The summed E-state index contributed by atoms with van der Waals surface area (Å²) in [5.41, 5.74) is 3.00. The van der Waals surface area contributed by atoms with Crippen LogP contribution in [-0.2, 0) is 6.42 Å². The third kappa shape index (κ3) is 2.87. The van der Waals surface area contributed by atoms with Crippen molar-refractivity contribution in [2.75, 3.05) is 7.11 Å². The van der Waals surface area contributed by atoms with E-state index in [0.717, 1.165) is 22.4 Å². The van der Waals surface area contributed by atoms with Gasteiger partial charge >= 0.3 is 0 Å². The molecule has 0 bridgehead atoms. The van der Waals surface area contributed by atoms with Crippen LogP contribution in [0, 0.1) is 6.92 Å². The van der Waals surface area contributed by atoms with Crippen molar-refractivity contribution in [2.24, 2.45) is 0 Å². The summed E-state index contributed by atoms with van der Waals surface area (Å²) in [5, 5.41) is 10.3. The molecule has 1 N–H and O–H groups in total. The molecule has 1 heterocycles. The second-order valence-corrected chi connectivity index (χ2v) is 4.32. The summed E-state index contributed by atoms with van der Waals surface area (Å²) in [7, 11) is 1.62. The minimum absolute atomic E-state index is 0.558. The molecule has 0 fully saturated rings. The summed E-state index contributed by atoms with van der Waals surface area (Å²) in [6, 6.07) is 9.64. The number of rotatable bonds is 4. The molecule has 3 heteroatoms. The van der Waals surface area contributed by atoms with E-state index in [2.05, 4.69) is 4.98 Å². The molecule has 1 aromatic carbocycles. The summed E-state index contributed by atoms with van der Waals surface area (Å²) in [6.45, 7) is 2.00. The van der Waals surface area contributed by atoms with E-state index in [1.165, 1.54) is 0 Å². The van der Waals surface area contributed by atoms with Crippen LogP contribution >= 0.6 is 0 Å². The monoisotopic (exact) mass is 243 g/mol. The lowest BCUT2D eigenvalue weighted by atomic mass is 9.99. The van der Waals surface area contributed by atoms with Crippen LogP contribution in [0.3, 0.4) is 0 Å². The zero-order valence-corrected chi connectivity index (χ0v) is 10.6. The van der Waals surface area contributed by atoms with Crippen LogP contribution in [-0.4, -0.2) is 17.2 Å². The predicted molar refractivity (Wildman–Crippen MR) is 70.6 cm³/mol. The Morgan fingerprint density at radius 3 is 2.61 bits per heavy atom. The van der Waals surface area contributed by atoms with Gasteiger partial charge in [-0.1, -0.05) is 11.6 Å². The highest BCUT2D eigenvalue weighted by Crippen LogP contribution is 2.28. The molecule has 1 aromatic heterocycles. The zero-order valence-electron chi connectivity index (χ0n) is 10.6. The number of nitrogens with zero attached hydrogens (tertiary/aromatic N) is 1. The summed E-state index contributed by atoms with van der Waals surface area (Å²) >= 11 is 0. The third-order valence-electron chi connectivity index (χ3n) is 2.92. The van der Waals surface area contributed by atoms with Gasteiger partial charge in [0.05, 0.1) is 13.2 Å². The number of methoxy groups -OCH3 is 1. The highest BCUT2D eigenvalue weighted by Gasteiger charge is 2.14. The fourth-order valence-corrected chi connectivity index (χ4v) is 1.97. The van der Waals surface area contributed by atoms with Gasteiger partial charge in [0.25, 0.3) is 0 Å². The van der Waals surface area contributed by atoms with E-state index in [1.54, 1.807) is 19.5 Å². The molecule has 0 aliphatic carbocycles. The number of aryl methyl sites for hydroxylation is 1. The summed E-state index contributed by atoms with van der Waals surface area (Å²) in [6.07, 6.45) is 3.45. The van der Waals surface area contributed by atoms with Crippen LogP contribution in [0.25, 0.3) is 0 Å². The number of aromatic nitrogens is 1. The number of benzene rings is 1. The number of hydrogen-bond donors (Lipinski definition) is 1. The zero-order chi connectivity index (χ0) is 13.0. The van der Waals surface area contributed by atoms with Gasteiger partial charge in [-0.3, -0.25) is 4.98 Å². The van der Waals surface area contributed by atoms with Crippen molar-refractivity contribution in [3.8, 4) is 5.75 Å². The van der Waals surface area contributed by atoms with Gasteiger partial charge in [-0.05, 0) is 36.8 Å². The lowest BCUT2D eigenvalue weighted by molar-refractivity contribution is 0.174. The first-order valence-electron chi connectivity index (χ1n) is 5.92. The minimum Gasteiger partial charge on any atom is -0.496 e. The Bertz CT molecular complexity index is 511. The molecule has 0 amide bonds. The van der Waals surface area contributed by atoms with Crippen LogP contribution in [0.1, 0.15) is 22.8 Å². The maximum Gasteiger partial charge on any atom is 0.124 e. The molecule has 3 nitrogen and oxygen atoms in total. The fraction of sp³-hybridized carbons (Fsp3) is 0.267. The number of pyridine rings is 1. The molecular weight excluding hydrogens is 226 g/mol. The normalized spacial score (nSPS) is 12.2. The first-order chi connectivity index (χ1) is 8.70. The smallest absolute Gasteiger partial charge is 0.124 e. The summed E-state index contributed by atoms with van der Waals surface area (Å²) in [4.78, 5) is 3.97. The van der Waals surface area contributed by atoms with Crippen molar-refractivity contribution in [3.05, 3.63) is 59.4 Å². The molecule has 1 atom stereocenters. The highest BCUT2D eigenvalue weighted by atomic mass is 16.5. The Labute approximate surface area is 107 Å². The topological polar surface area (TPSA) is 42.4 Å². The van der Waals surface area contributed by atoms with Gasteiger partial charge in [0.1, 0.15) is 5.75 Å². The van der Waals surface area contributed by atoms with Crippen LogP contribution in [0.15, 0.2) is 42.7 Å². The molecule has 2 aromatic rings. The Morgan fingerprint density at radius 2 is 1.94 bits per heavy atom. The average Bonchev–Trinajstić information content (AvgIpc) is 2.40. The third-order valence-corrected chi connectivity index (χ3v) is 2.92. The van der Waals surface area contributed by atoms with Gasteiger partial charge in [0, 0.05) is 24.4 Å². The summed E-state index contributed by atoms with van der Waals surface area (Å²) in [5.74, 6) is 0.724. The van der Waals surface area contributed by atoms with E-state index in [0.29, 0.717) is 6.42 Å². The number of aliphatic hydroxyl groups excluding tert-OH is 1. The van der Waals surface area contributed by atoms with E-state index in [4.69, 9.17) is 4.74 Å². The summed E-state index contributed by atoms with van der Waals surface area (Å²) < 4.78 is 5.29. The van der Waals surface area contributed by atoms with E-state index in [-0.39, 0.29) is 0 Å². The van der Waals surface area contributed by atoms with E-state index >= 15 is 0 Å². The Hall–Kier alpha value is -1.87. The molecule has 2 rings (SSSR count). The quantitative estimate of drug-likeness (QED) is 0.897. The number of ether oxygens (including phenoxy) is 1. The van der Waals surface area contributed by atoms with Gasteiger partial charge in [-0.2, -0.15) is 0 Å². The van der Waals surface area contributed by atoms with E-state index in [1.807, 2.05) is 37.3 Å². The van der Waals surface area contributed by atoms with Gasteiger partial charge in [0.2, 0.25) is 0 Å². The van der Waals surface area contributed by atoms with Gasteiger partial charge in [-0.15, -0.1) is 0 Å². The molecule has 18 heavy (non-hydrogen) atoms. The van der Waals surface area contributed by atoms with Crippen molar-refractivity contribution >= 4 is 0 Å². The molecule has 0 saturated heterocycles.